The predicted molar refractivity (Wildman–Crippen MR) is 59.3 cm³/mol. The summed E-state index contributed by atoms with van der Waals surface area (Å²) in [5, 5.41) is 12.1. The van der Waals surface area contributed by atoms with Crippen molar-refractivity contribution in [3.05, 3.63) is 0 Å². The first-order valence-electron chi connectivity index (χ1n) is 5.67. The smallest absolute Gasteiger partial charge is 0.0585 e. The second kappa shape index (κ2) is 5.69. The van der Waals surface area contributed by atoms with E-state index >= 15 is 0 Å². The summed E-state index contributed by atoms with van der Waals surface area (Å²) in [5.41, 5.74) is 0. The van der Waals surface area contributed by atoms with Crippen LogP contribution in [0, 0.1) is 11.8 Å². The van der Waals surface area contributed by atoms with E-state index in [-0.39, 0.29) is 12.6 Å². The molecule has 0 aromatic carbocycles. The van der Waals surface area contributed by atoms with Gasteiger partial charge in [-0.15, -0.1) is 0 Å². The van der Waals surface area contributed by atoms with Gasteiger partial charge in [-0.25, -0.2) is 0 Å². The Balaban J connectivity index is 2.19. The average Bonchev–Trinajstić information content (AvgIpc) is 2.48. The fraction of sp³-hybridized carbons (Fsp3) is 1.00. The molecular formula is C11H24N2O. The number of aliphatic hydroxyl groups is 1. The van der Waals surface area contributed by atoms with Gasteiger partial charge in [0.25, 0.3) is 0 Å². The van der Waals surface area contributed by atoms with E-state index in [2.05, 4.69) is 24.1 Å². The topological polar surface area (TPSA) is 35.5 Å². The zero-order chi connectivity index (χ0) is 10.6. The van der Waals surface area contributed by atoms with E-state index in [4.69, 9.17) is 5.11 Å². The molecule has 2 N–H and O–H groups in total. The van der Waals surface area contributed by atoms with Gasteiger partial charge in [0.15, 0.2) is 0 Å². The number of nitrogens with one attached hydrogen (secondary N) is 1. The molecule has 0 aliphatic carbocycles. The van der Waals surface area contributed by atoms with Crippen LogP contribution in [-0.2, 0) is 0 Å². The van der Waals surface area contributed by atoms with Crippen LogP contribution >= 0.6 is 0 Å². The predicted octanol–water partition coefficient (Wildman–Crippen LogP) is 0.545. The number of likely N-dealkylation sites (N-methyl/N-ethyl adjacent to an activating group) is 1. The molecule has 3 nitrogen and oxygen atoms in total. The lowest BCUT2D eigenvalue weighted by atomic mass is 10.0. The highest BCUT2D eigenvalue weighted by Crippen LogP contribution is 2.21. The molecule has 3 unspecified atom stereocenters. The Kier molecular flexibility index (Phi) is 4.85. The number of aliphatic hydroxyl groups excluding tert-OH is 1. The van der Waals surface area contributed by atoms with E-state index in [1.807, 2.05) is 7.05 Å². The lowest BCUT2D eigenvalue weighted by Gasteiger charge is -2.19. The highest BCUT2D eigenvalue weighted by Gasteiger charge is 2.25. The zero-order valence-electron chi connectivity index (χ0n) is 9.66. The summed E-state index contributed by atoms with van der Waals surface area (Å²) in [4.78, 5) is 2.51. The second-order valence-electron chi connectivity index (χ2n) is 4.67. The van der Waals surface area contributed by atoms with Gasteiger partial charge < -0.3 is 15.3 Å². The normalized spacial score (nSPS) is 30.9. The maximum atomic E-state index is 9.02. The third-order valence-electron chi connectivity index (χ3n) is 3.49. The van der Waals surface area contributed by atoms with Gasteiger partial charge in [0.05, 0.1) is 6.61 Å². The number of likely N-dealkylation sites (tertiary alicyclic amines) is 1. The highest BCUT2D eigenvalue weighted by molar-refractivity contribution is 4.79. The Hall–Kier alpha value is -0.120. The quantitative estimate of drug-likeness (QED) is 0.680. The molecule has 0 amide bonds. The first kappa shape index (κ1) is 12.0. The van der Waals surface area contributed by atoms with E-state index in [9.17, 15) is 0 Å². The van der Waals surface area contributed by atoms with Crippen molar-refractivity contribution in [1.82, 2.24) is 10.2 Å². The Morgan fingerprint density at radius 2 is 1.93 bits per heavy atom. The Morgan fingerprint density at radius 1 is 1.36 bits per heavy atom. The molecule has 1 fully saturated rings. The van der Waals surface area contributed by atoms with Crippen LogP contribution in [0.1, 0.15) is 20.3 Å². The van der Waals surface area contributed by atoms with Crippen molar-refractivity contribution in [2.75, 3.05) is 33.3 Å². The molecule has 3 atom stereocenters. The summed E-state index contributed by atoms with van der Waals surface area (Å²) in [6.45, 7) is 8.46. The molecule has 0 radical (unpaired) electrons. The minimum atomic E-state index is 0.245. The SMILES string of the molecule is CNC(CO)CCN1CC(C)C(C)C1. The van der Waals surface area contributed by atoms with Crippen LogP contribution in [0.25, 0.3) is 0 Å². The molecule has 0 aromatic rings. The number of hydrogen-bond acceptors (Lipinski definition) is 3. The summed E-state index contributed by atoms with van der Waals surface area (Å²) >= 11 is 0. The fourth-order valence-electron chi connectivity index (χ4n) is 2.10. The minimum Gasteiger partial charge on any atom is -0.395 e. The van der Waals surface area contributed by atoms with Crippen molar-refractivity contribution < 1.29 is 5.11 Å². The molecule has 3 heteroatoms. The van der Waals surface area contributed by atoms with Crippen molar-refractivity contribution in [2.24, 2.45) is 11.8 Å². The van der Waals surface area contributed by atoms with Crippen molar-refractivity contribution >= 4 is 0 Å². The maximum Gasteiger partial charge on any atom is 0.0585 e. The molecule has 0 bridgehead atoms. The standard InChI is InChI=1S/C11H24N2O/c1-9-6-13(7-10(9)2)5-4-11(8-14)12-3/h9-12,14H,4-8H2,1-3H3. The molecule has 84 valence electrons. The van der Waals surface area contributed by atoms with E-state index in [1.165, 1.54) is 13.1 Å². The molecule has 1 rings (SSSR count). The summed E-state index contributed by atoms with van der Waals surface area (Å²) < 4.78 is 0. The largest absolute Gasteiger partial charge is 0.395 e. The highest BCUT2D eigenvalue weighted by atomic mass is 16.3. The van der Waals surface area contributed by atoms with Crippen LogP contribution in [0.2, 0.25) is 0 Å². The van der Waals surface area contributed by atoms with Crippen molar-refractivity contribution in [1.29, 1.82) is 0 Å². The van der Waals surface area contributed by atoms with Crippen LogP contribution in [0.5, 0.6) is 0 Å². The Bertz CT molecular complexity index is 149. The monoisotopic (exact) mass is 200 g/mol. The maximum absolute atomic E-state index is 9.02. The van der Waals surface area contributed by atoms with E-state index in [0.717, 1.165) is 24.8 Å². The summed E-state index contributed by atoms with van der Waals surface area (Å²) in [6, 6.07) is 0.265. The molecule has 14 heavy (non-hydrogen) atoms. The van der Waals surface area contributed by atoms with Crippen molar-refractivity contribution in [3.8, 4) is 0 Å². The lowest BCUT2D eigenvalue weighted by molar-refractivity contribution is 0.221. The Labute approximate surface area is 87.5 Å². The first-order chi connectivity index (χ1) is 6.67. The molecule has 1 aliphatic rings. The van der Waals surface area contributed by atoms with Gasteiger partial charge in [0.1, 0.15) is 0 Å². The molecule has 1 saturated heterocycles. The molecule has 0 saturated carbocycles. The first-order valence-corrected chi connectivity index (χ1v) is 5.67. The van der Waals surface area contributed by atoms with Crippen molar-refractivity contribution in [2.45, 2.75) is 26.3 Å². The Morgan fingerprint density at radius 3 is 2.36 bits per heavy atom. The van der Waals surface area contributed by atoms with E-state index in [1.54, 1.807) is 0 Å². The van der Waals surface area contributed by atoms with Crippen LogP contribution in [0.4, 0.5) is 0 Å². The molecule has 1 heterocycles. The van der Waals surface area contributed by atoms with E-state index in [0.29, 0.717) is 0 Å². The van der Waals surface area contributed by atoms with Gasteiger partial charge in [-0.2, -0.15) is 0 Å². The lowest BCUT2D eigenvalue weighted by Crippen LogP contribution is -2.34. The molecule has 0 spiro atoms. The van der Waals surface area contributed by atoms with Gasteiger partial charge in [0, 0.05) is 19.1 Å². The molecule has 0 aromatic heterocycles. The van der Waals surface area contributed by atoms with Gasteiger partial charge in [-0.1, -0.05) is 13.8 Å². The third-order valence-corrected chi connectivity index (χ3v) is 3.49. The van der Waals surface area contributed by atoms with E-state index < -0.39 is 0 Å². The fourth-order valence-corrected chi connectivity index (χ4v) is 2.10. The summed E-state index contributed by atoms with van der Waals surface area (Å²) in [5.74, 6) is 1.66. The van der Waals surface area contributed by atoms with Gasteiger partial charge in [-0.05, 0) is 31.8 Å². The van der Waals surface area contributed by atoms with Crippen LogP contribution in [0.3, 0.4) is 0 Å². The molecule has 1 aliphatic heterocycles. The third kappa shape index (κ3) is 3.23. The number of hydrogen-bond donors (Lipinski definition) is 2. The van der Waals surface area contributed by atoms with Crippen molar-refractivity contribution in [3.63, 3.8) is 0 Å². The number of rotatable bonds is 5. The molecular weight excluding hydrogens is 176 g/mol. The van der Waals surface area contributed by atoms with Crippen LogP contribution in [0.15, 0.2) is 0 Å². The summed E-state index contributed by atoms with van der Waals surface area (Å²) in [7, 11) is 1.91. The van der Waals surface area contributed by atoms with Crippen LogP contribution < -0.4 is 5.32 Å². The zero-order valence-corrected chi connectivity index (χ0v) is 9.66. The minimum absolute atomic E-state index is 0.245. The average molecular weight is 200 g/mol. The summed E-state index contributed by atoms with van der Waals surface area (Å²) in [6.07, 6.45) is 1.05. The second-order valence-corrected chi connectivity index (χ2v) is 4.67. The van der Waals surface area contributed by atoms with Crippen LogP contribution in [-0.4, -0.2) is 49.3 Å². The van der Waals surface area contributed by atoms with Gasteiger partial charge in [0.2, 0.25) is 0 Å². The van der Waals surface area contributed by atoms with Gasteiger partial charge >= 0.3 is 0 Å². The number of nitrogens with zero attached hydrogens (tertiary/aromatic N) is 1. The van der Waals surface area contributed by atoms with Gasteiger partial charge in [-0.3, -0.25) is 0 Å².